The van der Waals surface area contributed by atoms with E-state index in [1.54, 1.807) is 13.1 Å². The largest absolute Gasteiger partial charge is 0.356 e. The molecular weight excluding hydrogens is 416 g/mol. The first-order valence-corrected chi connectivity index (χ1v) is 8.03. The average Bonchev–Trinajstić information content (AvgIpc) is 2.55. The third-order valence-electron chi connectivity index (χ3n) is 4.35. The van der Waals surface area contributed by atoms with E-state index in [0.717, 1.165) is 24.5 Å². The second-order valence-corrected chi connectivity index (χ2v) is 5.82. The molecule has 0 saturated heterocycles. The van der Waals surface area contributed by atoms with E-state index in [2.05, 4.69) is 39.9 Å². The van der Waals surface area contributed by atoms with Gasteiger partial charge in [0.05, 0.1) is 0 Å². The maximum Gasteiger partial charge on any atom is 0.191 e. The minimum absolute atomic E-state index is 0. The number of benzene rings is 2. The number of aliphatic imine (C=N–C) groups is 1. The molecule has 2 N–H and O–H groups in total. The third kappa shape index (κ3) is 4.47. The number of nitrogens with zero attached hydrogens (tertiary/aromatic N) is 1. The number of fused-ring (bicyclic) bond motifs is 1. The molecule has 2 aromatic carbocycles. The minimum atomic E-state index is -0.150. The maximum absolute atomic E-state index is 13.6. The summed E-state index contributed by atoms with van der Waals surface area (Å²) in [5, 5.41) is 6.60. The Balaban J connectivity index is 0.00000208. The lowest BCUT2D eigenvalue weighted by atomic mass is 9.78. The van der Waals surface area contributed by atoms with Gasteiger partial charge in [-0.25, -0.2) is 4.39 Å². The van der Waals surface area contributed by atoms with Gasteiger partial charge in [-0.1, -0.05) is 42.5 Å². The highest BCUT2D eigenvalue weighted by Crippen LogP contribution is 2.33. The SMILES string of the molecule is CN=C(NCCc1ccccc1F)NCC1Cc2ccccc21.I. The summed E-state index contributed by atoms with van der Waals surface area (Å²) in [6, 6.07) is 15.4. The molecule has 1 unspecified atom stereocenters. The van der Waals surface area contributed by atoms with Crippen molar-refractivity contribution in [3.8, 4) is 0 Å². The van der Waals surface area contributed by atoms with Crippen molar-refractivity contribution >= 4 is 29.9 Å². The third-order valence-corrected chi connectivity index (χ3v) is 4.35. The fraction of sp³-hybridized carbons (Fsp3) is 0.316. The van der Waals surface area contributed by atoms with Crippen LogP contribution in [0.15, 0.2) is 53.5 Å². The first-order valence-electron chi connectivity index (χ1n) is 8.03. The summed E-state index contributed by atoms with van der Waals surface area (Å²) in [5.41, 5.74) is 3.60. The smallest absolute Gasteiger partial charge is 0.191 e. The number of nitrogens with one attached hydrogen (secondary N) is 2. The van der Waals surface area contributed by atoms with Crippen LogP contribution in [0.5, 0.6) is 0 Å². The molecule has 0 heterocycles. The predicted octanol–water partition coefficient (Wildman–Crippen LogP) is 3.49. The zero-order chi connectivity index (χ0) is 16.1. The van der Waals surface area contributed by atoms with E-state index in [4.69, 9.17) is 0 Å². The Bertz CT molecular complexity index is 703. The maximum atomic E-state index is 13.6. The van der Waals surface area contributed by atoms with Gasteiger partial charge in [0.15, 0.2) is 5.96 Å². The molecule has 2 aromatic rings. The van der Waals surface area contributed by atoms with Crippen LogP contribution >= 0.6 is 24.0 Å². The monoisotopic (exact) mass is 439 g/mol. The molecule has 0 fully saturated rings. The van der Waals surface area contributed by atoms with Crippen molar-refractivity contribution in [1.82, 2.24) is 10.6 Å². The van der Waals surface area contributed by atoms with Crippen LogP contribution in [0.4, 0.5) is 4.39 Å². The van der Waals surface area contributed by atoms with Crippen LogP contribution in [-0.2, 0) is 12.8 Å². The molecule has 0 saturated carbocycles. The first kappa shape index (κ1) is 18.7. The van der Waals surface area contributed by atoms with Gasteiger partial charge in [-0.05, 0) is 35.6 Å². The number of hydrogen-bond donors (Lipinski definition) is 2. The van der Waals surface area contributed by atoms with Gasteiger partial charge in [0.1, 0.15) is 5.82 Å². The number of guanidine groups is 1. The highest BCUT2D eigenvalue weighted by atomic mass is 127. The minimum Gasteiger partial charge on any atom is -0.356 e. The zero-order valence-corrected chi connectivity index (χ0v) is 16.1. The summed E-state index contributed by atoms with van der Waals surface area (Å²) in [5.74, 6) is 1.17. The summed E-state index contributed by atoms with van der Waals surface area (Å²) >= 11 is 0. The van der Waals surface area contributed by atoms with Crippen LogP contribution in [0, 0.1) is 5.82 Å². The van der Waals surface area contributed by atoms with Gasteiger partial charge < -0.3 is 10.6 Å². The second kappa shape index (κ2) is 9.01. The fourth-order valence-corrected chi connectivity index (χ4v) is 3.00. The molecule has 0 amide bonds. The standard InChI is InChI=1S/C19H22FN3.HI/c1-21-19(22-11-10-14-6-3-5-9-18(14)20)23-13-16-12-15-7-2-4-8-17(15)16;/h2-9,16H,10-13H2,1H3,(H2,21,22,23);1H. The molecule has 1 aliphatic rings. The summed E-state index contributed by atoms with van der Waals surface area (Å²) in [4.78, 5) is 4.23. The molecule has 128 valence electrons. The van der Waals surface area contributed by atoms with Gasteiger partial charge in [-0.15, -0.1) is 24.0 Å². The summed E-state index contributed by atoms with van der Waals surface area (Å²) in [6.07, 6.45) is 1.76. The Kier molecular flexibility index (Phi) is 7.02. The van der Waals surface area contributed by atoms with E-state index in [1.807, 2.05) is 12.1 Å². The number of halogens is 2. The van der Waals surface area contributed by atoms with E-state index in [1.165, 1.54) is 17.2 Å². The normalized spacial score (nSPS) is 15.8. The lowest BCUT2D eigenvalue weighted by Gasteiger charge is -2.30. The quantitative estimate of drug-likeness (QED) is 0.425. The Labute approximate surface area is 159 Å². The molecule has 0 aliphatic heterocycles. The van der Waals surface area contributed by atoms with Crippen molar-refractivity contribution in [2.45, 2.75) is 18.8 Å². The Morgan fingerprint density at radius 3 is 2.62 bits per heavy atom. The van der Waals surface area contributed by atoms with Gasteiger partial charge in [-0.2, -0.15) is 0 Å². The van der Waals surface area contributed by atoms with E-state index < -0.39 is 0 Å². The van der Waals surface area contributed by atoms with Gasteiger partial charge in [-0.3, -0.25) is 4.99 Å². The Morgan fingerprint density at radius 1 is 1.12 bits per heavy atom. The van der Waals surface area contributed by atoms with E-state index in [-0.39, 0.29) is 29.8 Å². The van der Waals surface area contributed by atoms with E-state index in [9.17, 15) is 4.39 Å². The van der Waals surface area contributed by atoms with Crippen LogP contribution in [0.2, 0.25) is 0 Å². The Morgan fingerprint density at radius 2 is 1.88 bits per heavy atom. The number of hydrogen-bond acceptors (Lipinski definition) is 1. The van der Waals surface area contributed by atoms with Gasteiger partial charge in [0, 0.05) is 26.1 Å². The zero-order valence-electron chi connectivity index (χ0n) is 13.8. The number of rotatable bonds is 5. The summed E-state index contributed by atoms with van der Waals surface area (Å²) in [6.45, 7) is 1.53. The molecule has 0 radical (unpaired) electrons. The van der Waals surface area contributed by atoms with Crippen LogP contribution in [0.25, 0.3) is 0 Å². The van der Waals surface area contributed by atoms with Crippen LogP contribution in [0.1, 0.15) is 22.6 Å². The average molecular weight is 439 g/mol. The topological polar surface area (TPSA) is 36.4 Å². The lowest BCUT2D eigenvalue weighted by Crippen LogP contribution is -2.41. The molecule has 24 heavy (non-hydrogen) atoms. The van der Waals surface area contributed by atoms with Crippen LogP contribution < -0.4 is 10.6 Å². The molecule has 3 rings (SSSR count). The van der Waals surface area contributed by atoms with E-state index >= 15 is 0 Å². The molecule has 0 aromatic heterocycles. The van der Waals surface area contributed by atoms with Gasteiger partial charge >= 0.3 is 0 Å². The van der Waals surface area contributed by atoms with Crippen molar-refractivity contribution in [2.24, 2.45) is 4.99 Å². The summed E-state index contributed by atoms with van der Waals surface area (Å²) < 4.78 is 13.6. The molecule has 3 nitrogen and oxygen atoms in total. The molecule has 0 spiro atoms. The Hall–Kier alpha value is -1.63. The molecular formula is C19H23FIN3. The molecule has 0 bridgehead atoms. The highest BCUT2D eigenvalue weighted by molar-refractivity contribution is 14.0. The van der Waals surface area contributed by atoms with Crippen LogP contribution in [-0.4, -0.2) is 26.1 Å². The molecule has 1 aliphatic carbocycles. The van der Waals surface area contributed by atoms with Crippen molar-refractivity contribution in [3.05, 3.63) is 71.0 Å². The molecule has 5 heteroatoms. The van der Waals surface area contributed by atoms with E-state index in [0.29, 0.717) is 18.9 Å². The van der Waals surface area contributed by atoms with Crippen molar-refractivity contribution in [2.75, 3.05) is 20.1 Å². The first-order chi connectivity index (χ1) is 11.3. The van der Waals surface area contributed by atoms with Gasteiger partial charge in [0.2, 0.25) is 0 Å². The van der Waals surface area contributed by atoms with Crippen LogP contribution in [0.3, 0.4) is 0 Å². The van der Waals surface area contributed by atoms with Crippen molar-refractivity contribution in [3.63, 3.8) is 0 Å². The predicted molar refractivity (Wildman–Crippen MR) is 108 cm³/mol. The summed E-state index contributed by atoms with van der Waals surface area (Å²) in [7, 11) is 1.76. The second-order valence-electron chi connectivity index (χ2n) is 5.82. The fourth-order valence-electron chi connectivity index (χ4n) is 3.00. The molecule has 1 atom stereocenters. The van der Waals surface area contributed by atoms with Crippen molar-refractivity contribution in [1.29, 1.82) is 0 Å². The lowest BCUT2D eigenvalue weighted by molar-refractivity contribution is 0.582. The van der Waals surface area contributed by atoms with Gasteiger partial charge in [0.25, 0.3) is 0 Å². The van der Waals surface area contributed by atoms with Crippen molar-refractivity contribution < 1.29 is 4.39 Å². The highest BCUT2D eigenvalue weighted by Gasteiger charge is 2.25.